The van der Waals surface area contributed by atoms with E-state index in [9.17, 15) is 0 Å². The highest BCUT2D eigenvalue weighted by molar-refractivity contribution is 6.30. The SMILES string of the molecule is Cc1cc(Oc2ccc(Cl)cc2C)ccc1CCN. The van der Waals surface area contributed by atoms with Crippen molar-refractivity contribution in [2.75, 3.05) is 6.54 Å². The van der Waals surface area contributed by atoms with Crippen molar-refractivity contribution in [2.45, 2.75) is 20.3 Å². The second-order valence-electron chi connectivity index (χ2n) is 4.64. The molecule has 0 saturated heterocycles. The van der Waals surface area contributed by atoms with E-state index in [1.54, 1.807) is 0 Å². The Balaban J connectivity index is 2.21. The van der Waals surface area contributed by atoms with Crippen LogP contribution in [0.3, 0.4) is 0 Å². The summed E-state index contributed by atoms with van der Waals surface area (Å²) in [5, 5.41) is 0.722. The number of ether oxygens (including phenoxy) is 1. The smallest absolute Gasteiger partial charge is 0.130 e. The van der Waals surface area contributed by atoms with E-state index in [0.717, 1.165) is 28.5 Å². The molecule has 0 atom stereocenters. The summed E-state index contributed by atoms with van der Waals surface area (Å²) >= 11 is 5.93. The maximum atomic E-state index is 5.93. The molecule has 19 heavy (non-hydrogen) atoms. The average molecular weight is 276 g/mol. The summed E-state index contributed by atoms with van der Waals surface area (Å²) in [6, 6.07) is 11.7. The zero-order valence-electron chi connectivity index (χ0n) is 11.2. The van der Waals surface area contributed by atoms with Crippen molar-refractivity contribution in [2.24, 2.45) is 5.73 Å². The Bertz CT molecular complexity index is 581. The third-order valence-electron chi connectivity index (χ3n) is 3.09. The van der Waals surface area contributed by atoms with Crippen LogP contribution < -0.4 is 10.5 Å². The number of aryl methyl sites for hydroxylation is 2. The van der Waals surface area contributed by atoms with Crippen LogP contribution in [0.2, 0.25) is 5.02 Å². The first kappa shape index (κ1) is 13.9. The Morgan fingerprint density at radius 2 is 1.84 bits per heavy atom. The molecular weight excluding hydrogens is 258 g/mol. The fourth-order valence-corrected chi connectivity index (χ4v) is 2.25. The molecule has 2 aromatic rings. The van der Waals surface area contributed by atoms with Crippen molar-refractivity contribution in [3.05, 3.63) is 58.1 Å². The lowest BCUT2D eigenvalue weighted by Crippen LogP contribution is -2.04. The van der Waals surface area contributed by atoms with Crippen molar-refractivity contribution in [3.63, 3.8) is 0 Å². The highest BCUT2D eigenvalue weighted by atomic mass is 35.5. The lowest BCUT2D eigenvalue weighted by molar-refractivity contribution is 0.478. The van der Waals surface area contributed by atoms with Crippen molar-refractivity contribution in [1.82, 2.24) is 0 Å². The zero-order chi connectivity index (χ0) is 13.8. The van der Waals surface area contributed by atoms with Crippen LogP contribution in [0.25, 0.3) is 0 Å². The van der Waals surface area contributed by atoms with E-state index in [-0.39, 0.29) is 0 Å². The van der Waals surface area contributed by atoms with Crippen LogP contribution in [0, 0.1) is 13.8 Å². The number of hydrogen-bond donors (Lipinski definition) is 1. The summed E-state index contributed by atoms with van der Waals surface area (Å²) in [7, 11) is 0. The largest absolute Gasteiger partial charge is 0.457 e. The minimum absolute atomic E-state index is 0.664. The lowest BCUT2D eigenvalue weighted by atomic mass is 10.1. The number of hydrogen-bond acceptors (Lipinski definition) is 2. The maximum absolute atomic E-state index is 5.93. The Kier molecular flexibility index (Phi) is 4.46. The highest BCUT2D eigenvalue weighted by Crippen LogP contribution is 2.28. The molecule has 0 saturated carbocycles. The normalized spacial score (nSPS) is 10.5. The molecule has 0 amide bonds. The molecule has 0 aliphatic rings. The summed E-state index contributed by atoms with van der Waals surface area (Å²) < 4.78 is 5.89. The molecule has 2 nitrogen and oxygen atoms in total. The van der Waals surface area contributed by atoms with Gasteiger partial charge in [-0.25, -0.2) is 0 Å². The van der Waals surface area contributed by atoms with E-state index < -0.39 is 0 Å². The molecule has 0 heterocycles. The topological polar surface area (TPSA) is 35.2 Å². The maximum Gasteiger partial charge on any atom is 0.130 e. The lowest BCUT2D eigenvalue weighted by Gasteiger charge is -2.11. The van der Waals surface area contributed by atoms with Crippen LogP contribution in [0.1, 0.15) is 16.7 Å². The molecule has 0 aromatic heterocycles. The molecule has 0 aliphatic carbocycles. The fraction of sp³-hybridized carbons (Fsp3) is 0.250. The monoisotopic (exact) mass is 275 g/mol. The van der Waals surface area contributed by atoms with Crippen LogP contribution in [0.5, 0.6) is 11.5 Å². The second kappa shape index (κ2) is 6.09. The molecular formula is C16H18ClNO. The van der Waals surface area contributed by atoms with Gasteiger partial charge in [-0.05, 0) is 73.8 Å². The van der Waals surface area contributed by atoms with Gasteiger partial charge in [-0.3, -0.25) is 0 Å². The first-order valence-electron chi connectivity index (χ1n) is 6.34. The highest BCUT2D eigenvalue weighted by Gasteiger charge is 2.04. The summed E-state index contributed by atoms with van der Waals surface area (Å²) in [5.41, 5.74) is 9.08. The molecule has 2 aromatic carbocycles. The molecule has 2 rings (SSSR count). The quantitative estimate of drug-likeness (QED) is 0.905. The molecule has 0 aliphatic heterocycles. The van der Waals surface area contributed by atoms with Crippen LogP contribution in [-0.4, -0.2) is 6.54 Å². The van der Waals surface area contributed by atoms with Gasteiger partial charge in [-0.2, -0.15) is 0 Å². The molecule has 2 N–H and O–H groups in total. The number of nitrogens with two attached hydrogens (primary N) is 1. The van der Waals surface area contributed by atoms with E-state index in [4.69, 9.17) is 22.1 Å². The number of rotatable bonds is 4. The van der Waals surface area contributed by atoms with E-state index in [0.29, 0.717) is 6.54 Å². The van der Waals surface area contributed by atoms with E-state index in [1.807, 2.05) is 37.3 Å². The van der Waals surface area contributed by atoms with Gasteiger partial charge in [0.1, 0.15) is 11.5 Å². The van der Waals surface area contributed by atoms with Gasteiger partial charge < -0.3 is 10.5 Å². The molecule has 0 unspecified atom stereocenters. The van der Waals surface area contributed by atoms with Crippen molar-refractivity contribution in [1.29, 1.82) is 0 Å². The fourth-order valence-electron chi connectivity index (χ4n) is 2.02. The minimum Gasteiger partial charge on any atom is -0.457 e. The van der Waals surface area contributed by atoms with Crippen LogP contribution in [-0.2, 0) is 6.42 Å². The number of benzene rings is 2. The van der Waals surface area contributed by atoms with Gasteiger partial charge in [-0.15, -0.1) is 0 Å². The van der Waals surface area contributed by atoms with Gasteiger partial charge in [0.2, 0.25) is 0 Å². The Labute approximate surface area is 119 Å². The van der Waals surface area contributed by atoms with Gasteiger partial charge in [0.15, 0.2) is 0 Å². The Morgan fingerprint density at radius 1 is 1.05 bits per heavy atom. The van der Waals surface area contributed by atoms with E-state index in [1.165, 1.54) is 11.1 Å². The summed E-state index contributed by atoms with van der Waals surface area (Å²) in [6.45, 7) is 4.72. The molecule has 0 bridgehead atoms. The average Bonchev–Trinajstić information content (AvgIpc) is 2.36. The minimum atomic E-state index is 0.664. The van der Waals surface area contributed by atoms with Crippen molar-refractivity contribution in [3.8, 4) is 11.5 Å². The molecule has 0 radical (unpaired) electrons. The van der Waals surface area contributed by atoms with Gasteiger partial charge in [-0.1, -0.05) is 17.7 Å². The Morgan fingerprint density at radius 3 is 2.47 bits per heavy atom. The summed E-state index contributed by atoms with van der Waals surface area (Å²) in [4.78, 5) is 0. The first-order chi connectivity index (χ1) is 9.10. The molecule has 0 fully saturated rings. The van der Waals surface area contributed by atoms with Crippen LogP contribution >= 0.6 is 11.6 Å². The van der Waals surface area contributed by atoms with Gasteiger partial charge in [0, 0.05) is 5.02 Å². The third kappa shape index (κ3) is 3.49. The van der Waals surface area contributed by atoms with Crippen molar-refractivity contribution < 1.29 is 4.74 Å². The Hall–Kier alpha value is -1.51. The second-order valence-corrected chi connectivity index (χ2v) is 5.08. The predicted octanol–water partition coefficient (Wildman–Crippen LogP) is 4.25. The van der Waals surface area contributed by atoms with Gasteiger partial charge in [0.25, 0.3) is 0 Å². The first-order valence-corrected chi connectivity index (χ1v) is 6.71. The molecule has 100 valence electrons. The zero-order valence-corrected chi connectivity index (χ0v) is 12.0. The van der Waals surface area contributed by atoms with E-state index >= 15 is 0 Å². The number of halogens is 1. The van der Waals surface area contributed by atoms with Crippen molar-refractivity contribution >= 4 is 11.6 Å². The van der Waals surface area contributed by atoms with Crippen LogP contribution in [0.15, 0.2) is 36.4 Å². The molecule has 0 spiro atoms. The molecule has 3 heteroatoms. The predicted molar refractivity (Wildman–Crippen MR) is 80.2 cm³/mol. The standard InChI is InChI=1S/C16H18ClNO/c1-11-10-15(5-3-13(11)7-8-18)19-16-6-4-14(17)9-12(16)2/h3-6,9-10H,7-8,18H2,1-2H3. The third-order valence-corrected chi connectivity index (χ3v) is 3.33. The van der Waals surface area contributed by atoms with Crippen LogP contribution in [0.4, 0.5) is 0 Å². The van der Waals surface area contributed by atoms with E-state index in [2.05, 4.69) is 13.0 Å². The van der Waals surface area contributed by atoms with Gasteiger partial charge in [0.05, 0.1) is 0 Å². The summed E-state index contributed by atoms with van der Waals surface area (Å²) in [5.74, 6) is 1.67. The summed E-state index contributed by atoms with van der Waals surface area (Å²) in [6.07, 6.45) is 0.895. The van der Waals surface area contributed by atoms with Gasteiger partial charge >= 0.3 is 0 Å².